The van der Waals surface area contributed by atoms with Crippen LogP contribution in [0.1, 0.15) is 23.6 Å². The summed E-state index contributed by atoms with van der Waals surface area (Å²) < 4.78 is 49.0. The Morgan fingerprint density at radius 1 is 1.21 bits per heavy atom. The molecule has 8 heteroatoms. The van der Waals surface area contributed by atoms with E-state index in [0.717, 1.165) is 19.2 Å². The molecule has 4 nitrogen and oxygen atoms in total. The predicted octanol–water partition coefficient (Wildman–Crippen LogP) is 5.11. The van der Waals surface area contributed by atoms with E-state index in [2.05, 4.69) is 4.98 Å². The number of methoxy groups -OCH3 is 1. The molecule has 1 aromatic heterocycles. The number of rotatable bonds is 5. The van der Waals surface area contributed by atoms with Crippen molar-refractivity contribution in [3.05, 3.63) is 70.4 Å². The van der Waals surface area contributed by atoms with Crippen molar-refractivity contribution in [2.75, 3.05) is 7.11 Å². The lowest BCUT2D eigenvalue weighted by molar-refractivity contribution is -0.175. The Morgan fingerprint density at radius 2 is 1.93 bits per heavy atom. The van der Waals surface area contributed by atoms with Crippen LogP contribution in [-0.2, 0) is 11.3 Å². The van der Waals surface area contributed by atoms with Gasteiger partial charge in [-0.3, -0.25) is 4.98 Å². The van der Waals surface area contributed by atoms with Gasteiger partial charge in [-0.15, -0.1) is 0 Å². The Bertz CT molecular complexity index is 1110. The number of hydrogen-bond donors (Lipinski definition) is 1. The van der Waals surface area contributed by atoms with Crippen LogP contribution in [0.3, 0.4) is 0 Å². The SMILES string of the molecule is COc1ccc(C(F)(C(F)F)C(C)(O)c2cnc3ccc(C#N)cc3c2)c(Cl)c1. The maximum atomic E-state index is 15.9. The molecule has 3 aromatic rings. The molecule has 150 valence electrons. The van der Waals surface area contributed by atoms with Crippen LogP contribution in [0, 0.1) is 11.3 Å². The molecule has 0 fully saturated rings. The van der Waals surface area contributed by atoms with Gasteiger partial charge in [0.25, 0.3) is 6.43 Å². The van der Waals surface area contributed by atoms with Gasteiger partial charge >= 0.3 is 0 Å². The number of fused-ring (bicyclic) bond motifs is 1. The van der Waals surface area contributed by atoms with Gasteiger partial charge in [-0.2, -0.15) is 5.26 Å². The van der Waals surface area contributed by atoms with E-state index in [1.807, 2.05) is 6.07 Å². The molecule has 1 N–H and O–H groups in total. The fraction of sp³-hybridized carbons (Fsp3) is 0.238. The molecule has 2 atom stereocenters. The molecule has 0 spiro atoms. The van der Waals surface area contributed by atoms with Crippen molar-refractivity contribution in [3.8, 4) is 11.8 Å². The number of pyridine rings is 1. The maximum Gasteiger partial charge on any atom is 0.279 e. The van der Waals surface area contributed by atoms with Gasteiger partial charge in [-0.1, -0.05) is 17.7 Å². The molecular formula is C21H16ClF3N2O2. The summed E-state index contributed by atoms with van der Waals surface area (Å²) in [5.74, 6) is 0.256. The quantitative estimate of drug-likeness (QED) is 0.623. The highest BCUT2D eigenvalue weighted by Gasteiger charge is 2.58. The summed E-state index contributed by atoms with van der Waals surface area (Å²) in [6.07, 6.45) is -2.48. The van der Waals surface area contributed by atoms with Gasteiger partial charge in [-0.25, -0.2) is 13.2 Å². The van der Waals surface area contributed by atoms with Crippen LogP contribution >= 0.6 is 11.6 Å². The summed E-state index contributed by atoms with van der Waals surface area (Å²) in [7, 11) is 1.35. The van der Waals surface area contributed by atoms with Crippen LogP contribution in [0.4, 0.5) is 13.2 Å². The lowest BCUT2D eigenvalue weighted by Gasteiger charge is -2.39. The number of aromatic nitrogens is 1. The van der Waals surface area contributed by atoms with Gasteiger partial charge in [0.15, 0.2) is 0 Å². The van der Waals surface area contributed by atoms with E-state index in [1.165, 1.54) is 31.4 Å². The zero-order valence-electron chi connectivity index (χ0n) is 15.5. The van der Waals surface area contributed by atoms with E-state index in [4.69, 9.17) is 21.6 Å². The fourth-order valence-electron chi connectivity index (χ4n) is 3.19. The predicted molar refractivity (Wildman–Crippen MR) is 103 cm³/mol. The van der Waals surface area contributed by atoms with Crippen LogP contribution in [0.15, 0.2) is 48.7 Å². The summed E-state index contributed by atoms with van der Waals surface area (Å²) in [6, 6.07) is 11.4. The Hall–Kier alpha value is -2.82. The van der Waals surface area contributed by atoms with E-state index >= 15 is 4.39 Å². The number of ether oxygens (including phenoxy) is 1. The van der Waals surface area contributed by atoms with Gasteiger partial charge < -0.3 is 9.84 Å². The van der Waals surface area contributed by atoms with Crippen molar-refractivity contribution in [2.45, 2.75) is 24.6 Å². The molecule has 1 heterocycles. The van der Waals surface area contributed by atoms with E-state index in [9.17, 15) is 13.9 Å². The summed E-state index contributed by atoms with van der Waals surface area (Å²) in [5.41, 5.74) is -6.22. The van der Waals surface area contributed by atoms with E-state index in [-0.39, 0.29) is 16.3 Å². The van der Waals surface area contributed by atoms with Crippen molar-refractivity contribution in [2.24, 2.45) is 0 Å². The number of alkyl halides is 3. The molecule has 0 aliphatic rings. The molecule has 0 aliphatic heterocycles. The monoisotopic (exact) mass is 420 g/mol. The van der Waals surface area contributed by atoms with Crippen LogP contribution < -0.4 is 4.74 Å². The maximum absolute atomic E-state index is 15.9. The molecule has 29 heavy (non-hydrogen) atoms. The van der Waals surface area contributed by atoms with Gasteiger partial charge in [0.05, 0.1) is 29.3 Å². The first-order chi connectivity index (χ1) is 13.6. The lowest BCUT2D eigenvalue weighted by atomic mass is 9.76. The third-order valence-corrected chi connectivity index (χ3v) is 5.26. The molecule has 0 amide bonds. The first-order valence-electron chi connectivity index (χ1n) is 8.49. The zero-order valence-corrected chi connectivity index (χ0v) is 16.2. The fourth-order valence-corrected chi connectivity index (χ4v) is 3.50. The molecule has 0 bridgehead atoms. The van der Waals surface area contributed by atoms with Crippen LogP contribution in [0.5, 0.6) is 5.75 Å². The van der Waals surface area contributed by atoms with Crippen molar-refractivity contribution >= 4 is 22.5 Å². The molecular weight excluding hydrogens is 405 g/mol. The number of halogens is 4. The molecule has 2 aromatic carbocycles. The number of hydrogen-bond acceptors (Lipinski definition) is 4. The highest BCUT2D eigenvalue weighted by molar-refractivity contribution is 6.31. The van der Waals surface area contributed by atoms with Crippen molar-refractivity contribution in [1.82, 2.24) is 4.98 Å². The Labute approximate surface area is 170 Å². The second kappa shape index (κ2) is 7.54. The standard InChI is InChI=1S/C21H16ClF3N2O2/c1-20(28,14-8-13-7-12(10-26)3-6-18(13)27-11-14)21(25,19(23)24)16-5-4-15(29-2)9-17(16)22/h3-9,11,19,28H,1-2H3. The minimum atomic E-state index is -3.61. The molecule has 3 rings (SSSR count). The molecule has 2 unspecified atom stereocenters. The topological polar surface area (TPSA) is 66.1 Å². The van der Waals surface area contributed by atoms with Crippen LogP contribution in [0.2, 0.25) is 5.02 Å². The largest absolute Gasteiger partial charge is 0.497 e. The molecule has 0 saturated heterocycles. The average Bonchev–Trinajstić information content (AvgIpc) is 2.71. The van der Waals surface area contributed by atoms with E-state index in [1.54, 1.807) is 12.1 Å². The summed E-state index contributed by atoms with van der Waals surface area (Å²) in [5, 5.41) is 20.2. The normalized spacial score (nSPS) is 15.6. The second-order valence-electron chi connectivity index (χ2n) is 6.67. The van der Waals surface area contributed by atoms with E-state index in [0.29, 0.717) is 16.5 Å². The number of nitrogens with zero attached hydrogens (tertiary/aromatic N) is 2. The Balaban J connectivity index is 2.20. The van der Waals surface area contributed by atoms with Gasteiger partial charge in [0.1, 0.15) is 11.4 Å². The third kappa shape index (κ3) is 3.39. The minimum absolute atomic E-state index is 0.185. The number of nitriles is 1. The highest BCUT2D eigenvalue weighted by Crippen LogP contribution is 2.50. The lowest BCUT2D eigenvalue weighted by Crippen LogP contribution is -2.49. The van der Waals surface area contributed by atoms with Crippen molar-refractivity contribution in [3.63, 3.8) is 0 Å². The van der Waals surface area contributed by atoms with Crippen LogP contribution in [-0.4, -0.2) is 23.6 Å². The molecule has 0 saturated carbocycles. The Morgan fingerprint density at radius 3 is 2.52 bits per heavy atom. The first kappa shape index (κ1) is 20.9. The van der Waals surface area contributed by atoms with Crippen molar-refractivity contribution in [1.29, 1.82) is 5.26 Å². The molecule has 0 aliphatic carbocycles. The Kier molecular flexibility index (Phi) is 5.44. The summed E-state index contributed by atoms with van der Waals surface area (Å²) in [6.45, 7) is 0.941. The van der Waals surface area contributed by atoms with Gasteiger partial charge in [0, 0.05) is 22.7 Å². The minimum Gasteiger partial charge on any atom is -0.497 e. The second-order valence-corrected chi connectivity index (χ2v) is 7.08. The number of benzene rings is 2. The molecule has 0 radical (unpaired) electrons. The highest BCUT2D eigenvalue weighted by atomic mass is 35.5. The van der Waals surface area contributed by atoms with Crippen LogP contribution in [0.25, 0.3) is 10.9 Å². The third-order valence-electron chi connectivity index (χ3n) is 4.95. The van der Waals surface area contributed by atoms with E-state index < -0.39 is 23.3 Å². The van der Waals surface area contributed by atoms with Gasteiger partial charge in [-0.05, 0) is 43.3 Å². The number of aliphatic hydroxyl groups is 1. The summed E-state index contributed by atoms with van der Waals surface area (Å²) in [4.78, 5) is 4.11. The average molecular weight is 421 g/mol. The summed E-state index contributed by atoms with van der Waals surface area (Å²) >= 11 is 6.05. The first-order valence-corrected chi connectivity index (χ1v) is 8.86. The van der Waals surface area contributed by atoms with Gasteiger partial charge in [0.2, 0.25) is 5.67 Å². The smallest absolute Gasteiger partial charge is 0.279 e. The zero-order chi connectivity index (χ0) is 21.4. The van der Waals surface area contributed by atoms with Crippen molar-refractivity contribution < 1.29 is 23.0 Å².